The summed E-state index contributed by atoms with van der Waals surface area (Å²) >= 11 is 0. The molecule has 0 aromatic heterocycles. The van der Waals surface area contributed by atoms with Crippen LogP contribution in [0.2, 0.25) is 0 Å². The molecule has 1 rings (SSSR count). The van der Waals surface area contributed by atoms with Crippen LogP contribution in [0.1, 0.15) is 84.0 Å². The van der Waals surface area contributed by atoms with E-state index >= 15 is 0 Å². The van der Waals surface area contributed by atoms with E-state index in [9.17, 15) is 4.79 Å². The number of carbonyl (C=O) groups is 1. The summed E-state index contributed by atoms with van der Waals surface area (Å²) in [5.74, 6) is -0.671. The van der Waals surface area contributed by atoms with Crippen LogP contribution in [-0.2, 0) is 9.53 Å². The molecule has 3 heteroatoms. The molecule has 0 aromatic rings. The molecular formula is C18H32O3. The topological polar surface area (TPSA) is 49.8 Å². The molecule has 2 atom stereocenters. The van der Waals surface area contributed by atoms with Gasteiger partial charge in [0, 0.05) is 6.42 Å². The fourth-order valence-electron chi connectivity index (χ4n) is 2.63. The van der Waals surface area contributed by atoms with E-state index in [0.29, 0.717) is 18.6 Å². The summed E-state index contributed by atoms with van der Waals surface area (Å²) in [5, 5.41) is 8.52. The molecule has 0 radical (unpaired) electrons. The summed E-state index contributed by atoms with van der Waals surface area (Å²) < 4.78 is 5.62. The van der Waals surface area contributed by atoms with Crippen LogP contribution < -0.4 is 0 Å². The predicted molar refractivity (Wildman–Crippen MR) is 86.5 cm³/mol. The molecule has 1 aliphatic heterocycles. The Morgan fingerprint density at radius 3 is 2.48 bits per heavy atom. The first kappa shape index (κ1) is 18.2. The summed E-state index contributed by atoms with van der Waals surface area (Å²) in [6.07, 6.45) is 18.8. The standard InChI is InChI=1S/C18H32O3/c1-2-3-10-13-16-17(21-16)14-11-8-6-4-5-7-9-12-15-18(19)20/h11,14,16-17H,2-10,12-13,15H2,1H3,(H,19,20)/b14-11+. The molecule has 1 saturated heterocycles. The molecule has 0 spiro atoms. The van der Waals surface area contributed by atoms with E-state index in [-0.39, 0.29) is 0 Å². The van der Waals surface area contributed by atoms with Crippen molar-refractivity contribution in [3.8, 4) is 0 Å². The summed E-state index contributed by atoms with van der Waals surface area (Å²) in [4.78, 5) is 10.3. The zero-order chi connectivity index (χ0) is 15.3. The van der Waals surface area contributed by atoms with Crippen molar-refractivity contribution < 1.29 is 14.6 Å². The fourth-order valence-corrected chi connectivity index (χ4v) is 2.63. The van der Waals surface area contributed by atoms with Crippen molar-refractivity contribution in [2.75, 3.05) is 0 Å². The molecule has 0 bridgehead atoms. The third kappa shape index (κ3) is 10.5. The lowest BCUT2D eigenvalue weighted by Gasteiger charge is -1.99. The number of rotatable bonds is 14. The van der Waals surface area contributed by atoms with Crippen LogP contribution in [0.3, 0.4) is 0 Å². The summed E-state index contributed by atoms with van der Waals surface area (Å²) in [6.45, 7) is 2.23. The third-order valence-corrected chi connectivity index (χ3v) is 4.05. The molecular weight excluding hydrogens is 264 g/mol. The molecule has 21 heavy (non-hydrogen) atoms. The minimum atomic E-state index is -0.671. The maximum atomic E-state index is 10.3. The van der Waals surface area contributed by atoms with Crippen LogP contribution in [0.5, 0.6) is 0 Å². The highest BCUT2D eigenvalue weighted by Crippen LogP contribution is 2.28. The highest BCUT2D eigenvalue weighted by molar-refractivity contribution is 5.66. The Hall–Kier alpha value is -0.830. The minimum absolute atomic E-state index is 0.323. The minimum Gasteiger partial charge on any atom is -0.481 e. The van der Waals surface area contributed by atoms with Gasteiger partial charge in [0.1, 0.15) is 6.10 Å². The van der Waals surface area contributed by atoms with Crippen molar-refractivity contribution in [2.24, 2.45) is 0 Å². The van der Waals surface area contributed by atoms with Gasteiger partial charge in [0.25, 0.3) is 0 Å². The third-order valence-electron chi connectivity index (χ3n) is 4.05. The Bertz CT molecular complexity index is 299. The first-order valence-corrected chi connectivity index (χ1v) is 8.78. The van der Waals surface area contributed by atoms with Crippen LogP contribution in [0.25, 0.3) is 0 Å². The molecule has 1 aliphatic rings. The van der Waals surface area contributed by atoms with Crippen LogP contribution >= 0.6 is 0 Å². The van der Waals surface area contributed by atoms with Gasteiger partial charge in [-0.05, 0) is 25.7 Å². The Kier molecular flexibility index (Phi) is 10.2. The van der Waals surface area contributed by atoms with E-state index < -0.39 is 5.97 Å². The van der Waals surface area contributed by atoms with Gasteiger partial charge in [0.15, 0.2) is 0 Å². The molecule has 1 fully saturated rings. The van der Waals surface area contributed by atoms with Crippen LogP contribution in [-0.4, -0.2) is 23.3 Å². The maximum absolute atomic E-state index is 10.3. The highest BCUT2D eigenvalue weighted by Gasteiger charge is 2.35. The van der Waals surface area contributed by atoms with Crippen molar-refractivity contribution in [1.29, 1.82) is 0 Å². The molecule has 1 N–H and O–H groups in total. The van der Waals surface area contributed by atoms with Gasteiger partial charge in [-0.3, -0.25) is 4.79 Å². The average Bonchev–Trinajstić information content (AvgIpc) is 3.19. The summed E-state index contributed by atoms with van der Waals surface area (Å²) in [6, 6.07) is 0. The Labute approximate surface area is 129 Å². The second-order valence-corrected chi connectivity index (χ2v) is 6.12. The van der Waals surface area contributed by atoms with Crippen LogP contribution in [0.15, 0.2) is 12.2 Å². The van der Waals surface area contributed by atoms with E-state index in [1.54, 1.807) is 0 Å². The van der Waals surface area contributed by atoms with E-state index in [1.807, 2.05) is 0 Å². The van der Waals surface area contributed by atoms with Crippen LogP contribution in [0.4, 0.5) is 0 Å². The number of epoxide rings is 1. The van der Waals surface area contributed by atoms with Gasteiger partial charge < -0.3 is 9.84 Å². The molecule has 0 aliphatic carbocycles. The summed E-state index contributed by atoms with van der Waals surface area (Å²) in [5.41, 5.74) is 0. The SMILES string of the molecule is CCCCCC1OC1/C=C/CCCCCCCCC(=O)O. The number of carboxylic acid groups (broad SMARTS) is 1. The predicted octanol–water partition coefficient (Wildman–Crippen LogP) is 5.10. The molecule has 122 valence electrons. The zero-order valence-electron chi connectivity index (χ0n) is 13.6. The quantitative estimate of drug-likeness (QED) is 0.276. The lowest BCUT2D eigenvalue weighted by molar-refractivity contribution is -0.137. The molecule has 1 heterocycles. The molecule has 0 saturated carbocycles. The largest absolute Gasteiger partial charge is 0.481 e. The normalized spacial score (nSPS) is 21.0. The van der Waals surface area contributed by atoms with Crippen molar-refractivity contribution in [2.45, 2.75) is 96.2 Å². The molecule has 2 unspecified atom stereocenters. The highest BCUT2D eigenvalue weighted by atomic mass is 16.6. The zero-order valence-corrected chi connectivity index (χ0v) is 13.6. The van der Waals surface area contributed by atoms with Crippen molar-refractivity contribution in [3.05, 3.63) is 12.2 Å². The summed E-state index contributed by atoms with van der Waals surface area (Å²) in [7, 11) is 0. The number of allylic oxidation sites excluding steroid dienone is 1. The Morgan fingerprint density at radius 1 is 1.05 bits per heavy atom. The van der Waals surface area contributed by atoms with E-state index in [2.05, 4.69) is 19.1 Å². The lowest BCUT2D eigenvalue weighted by Crippen LogP contribution is -1.93. The fraction of sp³-hybridized carbons (Fsp3) is 0.833. The number of hydrogen-bond donors (Lipinski definition) is 1. The first-order chi connectivity index (χ1) is 10.2. The van der Waals surface area contributed by atoms with Gasteiger partial charge in [0.2, 0.25) is 0 Å². The monoisotopic (exact) mass is 296 g/mol. The van der Waals surface area contributed by atoms with Gasteiger partial charge in [-0.2, -0.15) is 0 Å². The maximum Gasteiger partial charge on any atom is 0.303 e. The first-order valence-electron chi connectivity index (χ1n) is 8.78. The average molecular weight is 296 g/mol. The van der Waals surface area contributed by atoms with E-state index in [1.165, 1.54) is 51.4 Å². The smallest absolute Gasteiger partial charge is 0.303 e. The van der Waals surface area contributed by atoms with Crippen molar-refractivity contribution >= 4 is 5.97 Å². The number of carboxylic acids is 1. The second kappa shape index (κ2) is 11.8. The second-order valence-electron chi connectivity index (χ2n) is 6.12. The number of unbranched alkanes of at least 4 members (excludes halogenated alkanes) is 8. The Balaban J connectivity index is 1.80. The number of ether oxygens (including phenoxy) is 1. The van der Waals surface area contributed by atoms with Crippen molar-refractivity contribution in [3.63, 3.8) is 0 Å². The van der Waals surface area contributed by atoms with Crippen LogP contribution in [0, 0.1) is 0 Å². The number of aliphatic carboxylic acids is 1. The molecule has 0 amide bonds. The molecule has 0 aromatic carbocycles. The van der Waals surface area contributed by atoms with Gasteiger partial charge in [-0.25, -0.2) is 0 Å². The van der Waals surface area contributed by atoms with E-state index in [0.717, 1.165) is 19.3 Å². The van der Waals surface area contributed by atoms with Crippen molar-refractivity contribution in [1.82, 2.24) is 0 Å². The lowest BCUT2D eigenvalue weighted by atomic mass is 10.1. The number of hydrogen-bond acceptors (Lipinski definition) is 2. The van der Waals surface area contributed by atoms with Gasteiger partial charge >= 0.3 is 5.97 Å². The van der Waals surface area contributed by atoms with Gasteiger partial charge in [-0.15, -0.1) is 0 Å². The molecule has 3 nitrogen and oxygen atoms in total. The van der Waals surface area contributed by atoms with Gasteiger partial charge in [0.05, 0.1) is 6.10 Å². The Morgan fingerprint density at radius 2 is 1.76 bits per heavy atom. The van der Waals surface area contributed by atoms with E-state index in [4.69, 9.17) is 9.84 Å². The van der Waals surface area contributed by atoms with Gasteiger partial charge in [-0.1, -0.05) is 64.0 Å².